The number of hydrogen-bond acceptors (Lipinski definition) is 4. The lowest BCUT2D eigenvalue weighted by Gasteiger charge is -2.06. The van der Waals surface area contributed by atoms with Gasteiger partial charge in [-0.3, -0.25) is 9.59 Å². The van der Waals surface area contributed by atoms with Crippen molar-refractivity contribution in [3.8, 4) is 5.75 Å². The predicted octanol–water partition coefficient (Wildman–Crippen LogP) is 1.27. The third-order valence-electron chi connectivity index (χ3n) is 2.79. The lowest BCUT2D eigenvalue weighted by Crippen LogP contribution is -2.25. The summed E-state index contributed by atoms with van der Waals surface area (Å²) in [6.07, 6.45) is 0.714. The number of ketones is 1. The molecule has 3 N–H and O–H groups in total. The van der Waals surface area contributed by atoms with Crippen LogP contribution in [-0.4, -0.2) is 35.1 Å². The van der Waals surface area contributed by atoms with E-state index in [1.165, 1.54) is 0 Å². The summed E-state index contributed by atoms with van der Waals surface area (Å²) in [7, 11) is 0. The number of aryl methyl sites for hydroxylation is 1. The molecule has 0 saturated heterocycles. The molecule has 1 aromatic carbocycles. The first-order valence-corrected chi connectivity index (χ1v) is 6.21. The second kappa shape index (κ2) is 7.53. The van der Waals surface area contributed by atoms with Gasteiger partial charge >= 0.3 is 5.97 Å². The van der Waals surface area contributed by atoms with Gasteiger partial charge in [0, 0.05) is 6.42 Å². The Morgan fingerprint density at radius 1 is 1.26 bits per heavy atom. The fraction of sp³-hybridized carbons (Fsp3) is 0.429. The summed E-state index contributed by atoms with van der Waals surface area (Å²) in [5.74, 6) is -0.766. The molecule has 0 aliphatic rings. The highest BCUT2D eigenvalue weighted by Gasteiger charge is 2.05. The Morgan fingerprint density at radius 3 is 2.63 bits per heavy atom. The average molecular weight is 265 g/mol. The molecular formula is C14H19NO4. The van der Waals surface area contributed by atoms with Crippen molar-refractivity contribution in [1.29, 1.82) is 0 Å². The Kier molecular flexibility index (Phi) is 6.02. The summed E-state index contributed by atoms with van der Waals surface area (Å²) in [5, 5.41) is 20.8. The van der Waals surface area contributed by atoms with Gasteiger partial charge in [0.1, 0.15) is 11.5 Å². The van der Waals surface area contributed by atoms with E-state index < -0.39 is 5.97 Å². The van der Waals surface area contributed by atoms with Gasteiger partial charge in [-0.1, -0.05) is 12.1 Å². The maximum atomic E-state index is 11.3. The minimum absolute atomic E-state index is 0.0701. The Bertz CT molecular complexity index is 457. The molecule has 104 valence electrons. The highest BCUT2D eigenvalue weighted by Crippen LogP contribution is 2.16. The fourth-order valence-corrected chi connectivity index (χ4v) is 1.67. The highest BCUT2D eigenvalue weighted by atomic mass is 16.4. The summed E-state index contributed by atoms with van der Waals surface area (Å²) in [5.41, 5.74) is 1.91. The number of carboxylic acids is 1. The summed E-state index contributed by atoms with van der Waals surface area (Å²) in [4.78, 5) is 21.6. The number of aliphatic carboxylic acids is 1. The first-order valence-electron chi connectivity index (χ1n) is 6.21. The maximum absolute atomic E-state index is 11.3. The molecule has 0 unspecified atom stereocenters. The molecule has 0 bridgehead atoms. The molecule has 0 saturated carbocycles. The number of rotatable bonds is 8. The normalized spacial score (nSPS) is 10.4. The summed E-state index contributed by atoms with van der Waals surface area (Å²) in [6, 6.07) is 5.40. The average Bonchev–Trinajstić information content (AvgIpc) is 2.36. The van der Waals surface area contributed by atoms with Gasteiger partial charge in [0.05, 0.1) is 13.0 Å². The smallest absolute Gasteiger partial charge is 0.303 e. The van der Waals surface area contributed by atoms with Gasteiger partial charge in [0.15, 0.2) is 0 Å². The number of aromatic hydroxyl groups is 1. The molecule has 0 heterocycles. The van der Waals surface area contributed by atoms with E-state index in [4.69, 9.17) is 5.11 Å². The minimum atomic E-state index is -0.951. The Labute approximate surface area is 112 Å². The van der Waals surface area contributed by atoms with Crippen molar-refractivity contribution in [1.82, 2.24) is 5.32 Å². The van der Waals surface area contributed by atoms with Crippen molar-refractivity contribution in [2.24, 2.45) is 0 Å². The van der Waals surface area contributed by atoms with Crippen LogP contribution in [0.25, 0.3) is 0 Å². The van der Waals surface area contributed by atoms with Gasteiger partial charge in [-0.2, -0.15) is 0 Å². The van der Waals surface area contributed by atoms with Gasteiger partial charge in [-0.05, 0) is 37.1 Å². The lowest BCUT2D eigenvalue weighted by atomic mass is 10.1. The quantitative estimate of drug-likeness (QED) is 0.616. The standard InChI is InChI=1S/C14H19NO4/c1-10-8-11(2-4-13(10)17)6-7-15-9-12(16)3-5-14(18)19/h2,4,8,15,17H,3,5-7,9H2,1H3,(H,18,19). The van der Waals surface area contributed by atoms with Crippen molar-refractivity contribution >= 4 is 11.8 Å². The minimum Gasteiger partial charge on any atom is -0.508 e. The number of Topliss-reactive ketones (excluding diaryl/α,β-unsaturated/α-hetero) is 1. The van der Waals surface area contributed by atoms with E-state index in [1.54, 1.807) is 6.07 Å². The van der Waals surface area contributed by atoms with Gasteiger partial charge < -0.3 is 15.5 Å². The van der Waals surface area contributed by atoms with Crippen LogP contribution < -0.4 is 5.32 Å². The van der Waals surface area contributed by atoms with Crippen molar-refractivity contribution in [2.45, 2.75) is 26.2 Å². The Balaban J connectivity index is 2.21. The Hall–Kier alpha value is -1.88. The second-order valence-electron chi connectivity index (χ2n) is 4.48. The van der Waals surface area contributed by atoms with Crippen LogP contribution in [0.5, 0.6) is 5.75 Å². The van der Waals surface area contributed by atoms with Gasteiger partial charge in [-0.25, -0.2) is 0 Å². The number of phenols is 1. The molecule has 0 aliphatic carbocycles. The van der Waals surface area contributed by atoms with Crippen LogP contribution in [0.4, 0.5) is 0 Å². The van der Waals surface area contributed by atoms with E-state index in [1.807, 2.05) is 19.1 Å². The molecule has 0 spiro atoms. The number of phenolic OH excluding ortho intramolecular Hbond substituents is 1. The second-order valence-corrected chi connectivity index (χ2v) is 4.48. The number of nitrogens with one attached hydrogen (secondary N) is 1. The number of carbonyl (C=O) groups is 2. The van der Waals surface area contributed by atoms with Crippen LogP contribution in [-0.2, 0) is 16.0 Å². The van der Waals surface area contributed by atoms with E-state index in [0.717, 1.165) is 17.5 Å². The van der Waals surface area contributed by atoms with E-state index in [2.05, 4.69) is 5.32 Å². The molecule has 0 aromatic heterocycles. The Morgan fingerprint density at radius 2 is 2.00 bits per heavy atom. The summed E-state index contributed by atoms with van der Waals surface area (Å²) in [6.45, 7) is 2.68. The zero-order chi connectivity index (χ0) is 14.3. The first-order chi connectivity index (χ1) is 8.99. The van der Waals surface area contributed by atoms with Crippen LogP contribution >= 0.6 is 0 Å². The highest BCUT2D eigenvalue weighted by molar-refractivity contribution is 5.83. The van der Waals surface area contributed by atoms with Crippen molar-refractivity contribution in [3.63, 3.8) is 0 Å². The SMILES string of the molecule is Cc1cc(CCNCC(=O)CCC(=O)O)ccc1O. The van der Waals surface area contributed by atoms with Crippen molar-refractivity contribution < 1.29 is 19.8 Å². The maximum Gasteiger partial charge on any atom is 0.303 e. The van der Waals surface area contributed by atoms with Crippen LogP contribution in [0.2, 0.25) is 0 Å². The van der Waals surface area contributed by atoms with Gasteiger partial charge in [0.2, 0.25) is 0 Å². The number of carbonyl (C=O) groups excluding carboxylic acids is 1. The van der Waals surface area contributed by atoms with Crippen LogP contribution in [0.3, 0.4) is 0 Å². The molecule has 5 nitrogen and oxygen atoms in total. The first kappa shape index (κ1) is 15.2. The third-order valence-corrected chi connectivity index (χ3v) is 2.79. The zero-order valence-electron chi connectivity index (χ0n) is 11.0. The lowest BCUT2D eigenvalue weighted by molar-refractivity contribution is -0.138. The topological polar surface area (TPSA) is 86.6 Å². The summed E-state index contributed by atoms with van der Waals surface area (Å²) >= 11 is 0. The van der Waals surface area contributed by atoms with Gasteiger partial charge in [-0.15, -0.1) is 0 Å². The largest absolute Gasteiger partial charge is 0.508 e. The molecular weight excluding hydrogens is 246 g/mol. The van der Waals surface area contributed by atoms with E-state index >= 15 is 0 Å². The number of benzene rings is 1. The number of hydrogen-bond donors (Lipinski definition) is 3. The van der Waals surface area contributed by atoms with Crippen molar-refractivity contribution in [2.75, 3.05) is 13.1 Å². The van der Waals surface area contributed by atoms with Gasteiger partial charge in [0.25, 0.3) is 0 Å². The molecule has 0 amide bonds. The zero-order valence-corrected chi connectivity index (χ0v) is 11.0. The van der Waals surface area contributed by atoms with E-state index in [0.29, 0.717) is 6.54 Å². The van der Waals surface area contributed by atoms with Crippen LogP contribution in [0.15, 0.2) is 18.2 Å². The molecule has 0 fully saturated rings. The molecule has 19 heavy (non-hydrogen) atoms. The fourth-order valence-electron chi connectivity index (χ4n) is 1.67. The van der Waals surface area contributed by atoms with E-state index in [9.17, 15) is 14.7 Å². The summed E-state index contributed by atoms with van der Waals surface area (Å²) < 4.78 is 0. The monoisotopic (exact) mass is 265 g/mol. The molecule has 0 atom stereocenters. The molecule has 1 aromatic rings. The molecule has 5 heteroatoms. The van der Waals surface area contributed by atoms with Crippen LogP contribution in [0.1, 0.15) is 24.0 Å². The molecule has 0 radical (unpaired) electrons. The molecule has 1 rings (SSSR count). The number of carboxylic acid groups (broad SMARTS) is 1. The molecule has 0 aliphatic heterocycles. The van der Waals surface area contributed by atoms with Crippen LogP contribution in [0, 0.1) is 6.92 Å². The third kappa shape index (κ3) is 6.01. The van der Waals surface area contributed by atoms with Crippen molar-refractivity contribution in [3.05, 3.63) is 29.3 Å². The predicted molar refractivity (Wildman–Crippen MR) is 71.3 cm³/mol. The van der Waals surface area contributed by atoms with E-state index in [-0.39, 0.29) is 30.9 Å².